The maximum atomic E-state index is 9.78. The normalized spacial score (nSPS) is 32.6. The summed E-state index contributed by atoms with van der Waals surface area (Å²) in [6.45, 7) is 1.18. The highest BCUT2D eigenvalue weighted by Crippen LogP contribution is 2.21. The molecule has 9 heteroatoms. The first-order valence-electron chi connectivity index (χ1n) is 7.41. The van der Waals surface area contributed by atoms with E-state index in [0.717, 1.165) is 0 Å². The molecule has 0 bridgehead atoms. The van der Waals surface area contributed by atoms with E-state index in [0.29, 0.717) is 26.1 Å². The van der Waals surface area contributed by atoms with E-state index < -0.39 is 37.3 Å². The van der Waals surface area contributed by atoms with Crippen LogP contribution in [0, 0.1) is 0 Å². The van der Waals surface area contributed by atoms with Gasteiger partial charge in [-0.05, 0) is 6.42 Å². The molecule has 6 N–H and O–H groups in total. The van der Waals surface area contributed by atoms with Crippen LogP contribution in [0.3, 0.4) is 0 Å². The van der Waals surface area contributed by atoms with Gasteiger partial charge in [-0.2, -0.15) is 0 Å². The summed E-state index contributed by atoms with van der Waals surface area (Å²) >= 11 is 0. The number of aliphatic hydroxyl groups is 6. The fourth-order valence-corrected chi connectivity index (χ4v) is 2.31. The van der Waals surface area contributed by atoms with Crippen LogP contribution in [0.2, 0.25) is 0 Å². The van der Waals surface area contributed by atoms with Gasteiger partial charge in [-0.15, -0.1) is 0 Å². The molecule has 0 aromatic heterocycles. The molecule has 0 aromatic carbocycles. The maximum absolute atomic E-state index is 9.78. The Kier molecular flexibility index (Phi) is 9.33. The van der Waals surface area contributed by atoms with Crippen LogP contribution < -0.4 is 0 Å². The average Bonchev–Trinajstić information content (AvgIpc) is 2.51. The second kappa shape index (κ2) is 10.4. The molecular formula is C13H27NO8. The van der Waals surface area contributed by atoms with E-state index in [4.69, 9.17) is 24.8 Å². The zero-order valence-corrected chi connectivity index (χ0v) is 12.5. The SMILES string of the molecule is OCCN(CCO)CCCO[C@@H]1OC(CO)[C@@H](O)C(O)C1O. The van der Waals surface area contributed by atoms with E-state index in [9.17, 15) is 15.3 Å². The third-order valence-corrected chi connectivity index (χ3v) is 3.58. The van der Waals surface area contributed by atoms with E-state index in [-0.39, 0.29) is 19.8 Å². The van der Waals surface area contributed by atoms with E-state index in [1.165, 1.54) is 0 Å². The Hall–Kier alpha value is -0.360. The van der Waals surface area contributed by atoms with Gasteiger partial charge in [0, 0.05) is 19.6 Å². The van der Waals surface area contributed by atoms with E-state index >= 15 is 0 Å². The Balaban J connectivity index is 2.33. The highest BCUT2D eigenvalue weighted by molar-refractivity contribution is 4.88. The predicted octanol–water partition coefficient (Wildman–Crippen LogP) is -3.52. The fourth-order valence-electron chi connectivity index (χ4n) is 2.31. The van der Waals surface area contributed by atoms with Crippen LogP contribution in [0.5, 0.6) is 0 Å². The molecule has 0 radical (unpaired) electrons. The Morgan fingerprint density at radius 3 is 2.05 bits per heavy atom. The van der Waals surface area contributed by atoms with E-state index in [2.05, 4.69) is 0 Å². The third-order valence-electron chi connectivity index (χ3n) is 3.58. The molecule has 132 valence electrons. The molecule has 1 aliphatic rings. The minimum Gasteiger partial charge on any atom is -0.395 e. The molecule has 0 aromatic rings. The summed E-state index contributed by atoms with van der Waals surface area (Å²) in [6.07, 6.45) is -5.79. The topological polar surface area (TPSA) is 143 Å². The molecular weight excluding hydrogens is 298 g/mol. The number of nitrogens with zero attached hydrogens (tertiary/aromatic N) is 1. The zero-order chi connectivity index (χ0) is 16.5. The standard InChI is InChI=1S/C13H27NO8/c15-5-3-14(4-6-16)2-1-7-21-13-12(20)11(19)10(18)9(8-17)22-13/h9-13,15-20H,1-8H2/t9?,10-,11?,12?,13-/m1/s1. The van der Waals surface area contributed by atoms with Crippen molar-refractivity contribution in [1.29, 1.82) is 0 Å². The molecule has 9 nitrogen and oxygen atoms in total. The van der Waals surface area contributed by atoms with Gasteiger partial charge in [-0.3, -0.25) is 4.90 Å². The maximum Gasteiger partial charge on any atom is 0.186 e. The second-order valence-electron chi connectivity index (χ2n) is 5.21. The molecule has 1 aliphatic heterocycles. The first kappa shape index (κ1) is 19.7. The van der Waals surface area contributed by atoms with Crippen molar-refractivity contribution in [3.05, 3.63) is 0 Å². The number of aliphatic hydroxyl groups excluding tert-OH is 6. The van der Waals surface area contributed by atoms with Gasteiger partial charge in [0.1, 0.15) is 24.4 Å². The van der Waals surface area contributed by atoms with Gasteiger partial charge in [-0.1, -0.05) is 0 Å². The first-order chi connectivity index (χ1) is 10.5. The lowest BCUT2D eigenvalue weighted by molar-refractivity contribution is -0.301. The predicted molar refractivity (Wildman–Crippen MR) is 74.9 cm³/mol. The molecule has 3 unspecified atom stereocenters. The Morgan fingerprint density at radius 1 is 0.864 bits per heavy atom. The summed E-state index contributed by atoms with van der Waals surface area (Å²) < 4.78 is 10.6. The molecule has 0 saturated carbocycles. The molecule has 22 heavy (non-hydrogen) atoms. The minimum atomic E-state index is -1.45. The summed E-state index contributed by atoms with van der Waals surface area (Å²) in [4.78, 5) is 1.86. The highest BCUT2D eigenvalue weighted by atomic mass is 16.7. The molecule has 1 fully saturated rings. The van der Waals surface area contributed by atoms with Gasteiger partial charge in [0.25, 0.3) is 0 Å². The second-order valence-corrected chi connectivity index (χ2v) is 5.21. The van der Waals surface area contributed by atoms with Crippen molar-refractivity contribution < 1.29 is 40.1 Å². The van der Waals surface area contributed by atoms with Crippen LogP contribution in [0.1, 0.15) is 6.42 Å². The lowest BCUT2D eigenvalue weighted by Crippen LogP contribution is -2.59. The molecule has 1 saturated heterocycles. The zero-order valence-electron chi connectivity index (χ0n) is 12.5. The first-order valence-corrected chi connectivity index (χ1v) is 7.41. The van der Waals surface area contributed by atoms with Gasteiger partial charge in [0.15, 0.2) is 6.29 Å². The van der Waals surface area contributed by atoms with E-state index in [1.54, 1.807) is 0 Å². The summed E-state index contributed by atoms with van der Waals surface area (Å²) in [7, 11) is 0. The molecule has 1 rings (SSSR count). The number of hydrogen-bond acceptors (Lipinski definition) is 9. The van der Waals surface area contributed by atoms with Gasteiger partial charge >= 0.3 is 0 Å². The van der Waals surface area contributed by atoms with Crippen molar-refractivity contribution in [3.63, 3.8) is 0 Å². The van der Waals surface area contributed by atoms with Gasteiger partial charge in [0.2, 0.25) is 0 Å². The van der Waals surface area contributed by atoms with Crippen molar-refractivity contribution in [3.8, 4) is 0 Å². The Morgan fingerprint density at radius 2 is 1.50 bits per heavy atom. The molecule has 0 spiro atoms. The van der Waals surface area contributed by atoms with Gasteiger partial charge < -0.3 is 40.1 Å². The lowest BCUT2D eigenvalue weighted by atomic mass is 9.99. The third kappa shape index (κ3) is 5.69. The Bertz CT molecular complexity index is 287. The monoisotopic (exact) mass is 325 g/mol. The van der Waals surface area contributed by atoms with Crippen LogP contribution in [0.4, 0.5) is 0 Å². The summed E-state index contributed by atoms with van der Waals surface area (Å²) in [6, 6.07) is 0. The van der Waals surface area contributed by atoms with Crippen molar-refractivity contribution in [1.82, 2.24) is 4.90 Å². The van der Waals surface area contributed by atoms with Crippen molar-refractivity contribution in [2.45, 2.75) is 37.1 Å². The van der Waals surface area contributed by atoms with Crippen molar-refractivity contribution in [2.75, 3.05) is 46.1 Å². The van der Waals surface area contributed by atoms with Crippen molar-refractivity contribution in [2.24, 2.45) is 0 Å². The average molecular weight is 325 g/mol. The van der Waals surface area contributed by atoms with E-state index in [1.807, 2.05) is 4.90 Å². The van der Waals surface area contributed by atoms with Gasteiger partial charge in [0.05, 0.1) is 26.4 Å². The van der Waals surface area contributed by atoms with Crippen molar-refractivity contribution >= 4 is 0 Å². The highest BCUT2D eigenvalue weighted by Gasteiger charge is 2.43. The summed E-state index contributed by atoms with van der Waals surface area (Å²) in [5, 5.41) is 55.9. The van der Waals surface area contributed by atoms with Crippen LogP contribution in [-0.2, 0) is 9.47 Å². The minimum absolute atomic E-state index is 0.00638. The van der Waals surface area contributed by atoms with Crippen LogP contribution in [-0.4, -0.2) is 112 Å². The smallest absolute Gasteiger partial charge is 0.186 e. The van der Waals surface area contributed by atoms with Crippen LogP contribution in [0.15, 0.2) is 0 Å². The number of ether oxygens (including phenoxy) is 2. The molecule has 0 aliphatic carbocycles. The quantitative estimate of drug-likeness (QED) is 0.225. The molecule has 5 atom stereocenters. The number of rotatable bonds is 10. The lowest BCUT2D eigenvalue weighted by Gasteiger charge is -2.39. The summed E-state index contributed by atoms with van der Waals surface area (Å²) in [5.74, 6) is 0. The molecule has 1 heterocycles. The Labute approximate surface area is 129 Å². The fraction of sp³-hybridized carbons (Fsp3) is 1.00. The van der Waals surface area contributed by atoms with Gasteiger partial charge in [-0.25, -0.2) is 0 Å². The van der Waals surface area contributed by atoms with Crippen LogP contribution >= 0.6 is 0 Å². The summed E-state index contributed by atoms with van der Waals surface area (Å²) in [5.41, 5.74) is 0. The largest absolute Gasteiger partial charge is 0.395 e. The number of hydrogen-bond donors (Lipinski definition) is 6. The molecule has 0 amide bonds. The van der Waals surface area contributed by atoms with Crippen LogP contribution in [0.25, 0.3) is 0 Å².